The van der Waals surface area contributed by atoms with Gasteiger partial charge >= 0.3 is 6.09 Å². The van der Waals surface area contributed by atoms with Gasteiger partial charge in [0.2, 0.25) is 0 Å². The first-order chi connectivity index (χ1) is 13.7. The molecule has 0 aromatic heterocycles. The van der Waals surface area contributed by atoms with Gasteiger partial charge in [0.25, 0.3) is 5.91 Å². The molecule has 1 aromatic carbocycles. The van der Waals surface area contributed by atoms with E-state index in [1.807, 2.05) is 40.7 Å². The standard InChI is InChI=1S/C22H32N2O5/c1-6-27-14-19(25)24-11-12-28-18-13-16-7-9-23(21(26)29-22(3,4)5)10-8-17(16)15(2)20(18)24/h13H,6-12,14H2,1-5H3. The molecule has 0 N–H and O–H groups in total. The van der Waals surface area contributed by atoms with Gasteiger partial charge < -0.3 is 24.0 Å². The fourth-order valence-corrected chi connectivity index (χ4v) is 3.90. The summed E-state index contributed by atoms with van der Waals surface area (Å²) in [5, 5.41) is 0. The zero-order chi connectivity index (χ0) is 21.2. The molecule has 2 amide bonds. The van der Waals surface area contributed by atoms with Gasteiger partial charge in [0.1, 0.15) is 24.6 Å². The van der Waals surface area contributed by atoms with E-state index in [2.05, 4.69) is 0 Å². The molecule has 2 aliphatic heterocycles. The lowest BCUT2D eigenvalue weighted by atomic mass is 9.94. The van der Waals surface area contributed by atoms with Gasteiger partial charge in [0, 0.05) is 19.7 Å². The number of benzene rings is 1. The predicted octanol–water partition coefficient (Wildman–Crippen LogP) is 3.09. The number of carbonyl (C=O) groups is 2. The van der Waals surface area contributed by atoms with Crippen LogP contribution in [0, 0.1) is 6.92 Å². The maximum Gasteiger partial charge on any atom is 0.410 e. The van der Waals surface area contributed by atoms with Crippen molar-refractivity contribution in [2.75, 3.05) is 44.4 Å². The van der Waals surface area contributed by atoms with Crippen molar-refractivity contribution in [3.8, 4) is 5.75 Å². The second-order valence-electron chi connectivity index (χ2n) is 8.48. The van der Waals surface area contributed by atoms with Crippen molar-refractivity contribution in [3.05, 3.63) is 22.8 Å². The summed E-state index contributed by atoms with van der Waals surface area (Å²) in [7, 11) is 0. The minimum atomic E-state index is -0.513. The van der Waals surface area contributed by atoms with Crippen LogP contribution in [0.2, 0.25) is 0 Å². The van der Waals surface area contributed by atoms with Gasteiger partial charge in [-0.25, -0.2) is 4.79 Å². The zero-order valence-electron chi connectivity index (χ0n) is 18.2. The molecule has 2 heterocycles. The first-order valence-corrected chi connectivity index (χ1v) is 10.4. The molecule has 3 rings (SSSR count). The highest BCUT2D eigenvalue weighted by Crippen LogP contribution is 2.40. The van der Waals surface area contributed by atoms with Gasteiger partial charge in [-0.3, -0.25) is 4.79 Å². The number of anilines is 1. The van der Waals surface area contributed by atoms with Gasteiger partial charge in [-0.15, -0.1) is 0 Å². The SMILES string of the molecule is CCOCC(=O)N1CCOc2cc3c(c(C)c21)CCN(C(=O)OC(C)(C)C)CC3. The molecule has 0 spiro atoms. The van der Waals surface area contributed by atoms with E-state index in [9.17, 15) is 9.59 Å². The fraction of sp³-hybridized carbons (Fsp3) is 0.636. The third-order valence-electron chi connectivity index (χ3n) is 5.24. The molecule has 1 aromatic rings. The average molecular weight is 405 g/mol. The molecule has 29 heavy (non-hydrogen) atoms. The Morgan fingerprint density at radius 1 is 1.17 bits per heavy atom. The molecule has 0 radical (unpaired) electrons. The topological polar surface area (TPSA) is 68.3 Å². The fourth-order valence-electron chi connectivity index (χ4n) is 3.90. The van der Waals surface area contributed by atoms with Crippen LogP contribution in [0.1, 0.15) is 44.4 Å². The van der Waals surface area contributed by atoms with E-state index in [1.165, 1.54) is 11.1 Å². The first kappa shape index (κ1) is 21.4. The summed E-state index contributed by atoms with van der Waals surface area (Å²) in [6.45, 7) is 12.3. The molecule has 7 heteroatoms. The molecule has 0 saturated carbocycles. The monoisotopic (exact) mass is 404 g/mol. The Balaban J connectivity index is 1.85. The third kappa shape index (κ3) is 4.83. The maximum atomic E-state index is 12.7. The van der Waals surface area contributed by atoms with Crippen LogP contribution < -0.4 is 9.64 Å². The van der Waals surface area contributed by atoms with Crippen molar-refractivity contribution < 1.29 is 23.8 Å². The highest BCUT2D eigenvalue weighted by atomic mass is 16.6. The Kier molecular flexibility index (Phi) is 6.36. The number of amides is 2. The van der Waals surface area contributed by atoms with Gasteiger partial charge in [-0.2, -0.15) is 0 Å². The van der Waals surface area contributed by atoms with Crippen molar-refractivity contribution in [1.82, 2.24) is 4.90 Å². The van der Waals surface area contributed by atoms with Crippen molar-refractivity contribution in [3.63, 3.8) is 0 Å². The van der Waals surface area contributed by atoms with Crippen LogP contribution in [-0.2, 0) is 27.1 Å². The highest BCUT2D eigenvalue weighted by Gasteiger charge is 2.30. The zero-order valence-corrected chi connectivity index (χ0v) is 18.2. The molecule has 0 aliphatic carbocycles. The summed E-state index contributed by atoms with van der Waals surface area (Å²) in [4.78, 5) is 28.7. The normalized spacial score (nSPS) is 16.4. The lowest BCUT2D eigenvalue weighted by Gasteiger charge is -2.32. The quantitative estimate of drug-likeness (QED) is 0.774. The number of hydrogen-bond acceptors (Lipinski definition) is 5. The van der Waals surface area contributed by atoms with Crippen LogP contribution >= 0.6 is 0 Å². The van der Waals surface area contributed by atoms with Gasteiger partial charge in [-0.05, 0) is 70.2 Å². The van der Waals surface area contributed by atoms with Crippen LogP contribution in [0.3, 0.4) is 0 Å². The summed E-state index contributed by atoms with van der Waals surface area (Å²) in [6, 6.07) is 2.04. The minimum Gasteiger partial charge on any atom is -0.490 e. The van der Waals surface area contributed by atoms with Crippen LogP contribution in [0.4, 0.5) is 10.5 Å². The summed E-state index contributed by atoms with van der Waals surface area (Å²) < 4.78 is 16.8. The molecule has 0 atom stereocenters. The molecule has 0 saturated heterocycles. The Labute approximate surface area is 172 Å². The number of rotatable bonds is 3. The van der Waals surface area contributed by atoms with E-state index in [4.69, 9.17) is 14.2 Å². The van der Waals surface area contributed by atoms with Crippen LogP contribution in [-0.4, -0.2) is 62.0 Å². The highest BCUT2D eigenvalue weighted by molar-refractivity contribution is 5.97. The Hall–Kier alpha value is -2.28. The van der Waals surface area contributed by atoms with Gasteiger partial charge in [-0.1, -0.05) is 0 Å². The lowest BCUT2D eigenvalue weighted by molar-refractivity contribution is -0.123. The molecule has 7 nitrogen and oxygen atoms in total. The Bertz CT molecular complexity index is 784. The van der Waals surface area contributed by atoms with Crippen molar-refractivity contribution in [2.45, 2.75) is 53.1 Å². The molecule has 0 unspecified atom stereocenters. The van der Waals surface area contributed by atoms with E-state index >= 15 is 0 Å². The summed E-state index contributed by atoms with van der Waals surface area (Å²) >= 11 is 0. The van der Waals surface area contributed by atoms with E-state index < -0.39 is 5.60 Å². The molecule has 0 bridgehead atoms. The molecular formula is C22H32N2O5. The second-order valence-corrected chi connectivity index (χ2v) is 8.48. The molecular weight excluding hydrogens is 372 g/mol. The average Bonchev–Trinajstić information content (AvgIpc) is 2.87. The number of fused-ring (bicyclic) bond motifs is 2. The third-order valence-corrected chi connectivity index (χ3v) is 5.24. The number of nitrogens with zero attached hydrogens (tertiary/aromatic N) is 2. The van der Waals surface area contributed by atoms with Crippen molar-refractivity contribution >= 4 is 17.7 Å². The largest absolute Gasteiger partial charge is 0.490 e. The van der Waals surface area contributed by atoms with Crippen LogP contribution in [0.15, 0.2) is 6.07 Å². The predicted molar refractivity (Wildman–Crippen MR) is 111 cm³/mol. The Morgan fingerprint density at radius 2 is 1.90 bits per heavy atom. The minimum absolute atomic E-state index is 0.0524. The Morgan fingerprint density at radius 3 is 2.59 bits per heavy atom. The van der Waals surface area contributed by atoms with Gasteiger partial charge in [0.15, 0.2) is 0 Å². The molecule has 0 fully saturated rings. The summed E-state index contributed by atoms with van der Waals surface area (Å²) in [5.74, 6) is 0.687. The number of hydrogen-bond donors (Lipinski definition) is 0. The van der Waals surface area contributed by atoms with E-state index in [0.717, 1.165) is 29.8 Å². The first-order valence-electron chi connectivity index (χ1n) is 10.4. The van der Waals surface area contributed by atoms with Crippen LogP contribution in [0.25, 0.3) is 0 Å². The maximum absolute atomic E-state index is 12.7. The van der Waals surface area contributed by atoms with Crippen molar-refractivity contribution in [1.29, 1.82) is 0 Å². The summed E-state index contributed by atoms with van der Waals surface area (Å²) in [6.07, 6.45) is 1.18. The molecule has 2 aliphatic rings. The number of ether oxygens (including phenoxy) is 3. The number of carbonyl (C=O) groups excluding carboxylic acids is 2. The molecule has 160 valence electrons. The summed E-state index contributed by atoms with van der Waals surface area (Å²) in [5.41, 5.74) is 3.74. The van der Waals surface area contributed by atoms with E-state index in [-0.39, 0.29) is 18.6 Å². The van der Waals surface area contributed by atoms with E-state index in [1.54, 1.807) is 9.80 Å². The smallest absolute Gasteiger partial charge is 0.410 e. The van der Waals surface area contributed by atoms with Crippen LogP contribution in [0.5, 0.6) is 5.75 Å². The second kappa shape index (κ2) is 8.61. The van der Waals surface area contributed by atoms with Crippen molar-refractivity contribution in [2.24, 2.45) is 0 Å². The lowest BCUT2D eigenvalue weighted by Crippen LogP contribution is -2.40. The van der Waals surface area contributed by atoms with E-state index in [0.29, 0.717) is 32.8 Å². The van der Waals surface area contributed by atoms with Gasteiger partial charge in [0.05, 0.1) is 12.2 Å².